The van der Waals surface area contributed by atoms with E-state index in [4.69, 9.17) is 13.3 Å². The third-order valence-corrected chi connectivity index (χ3v) is 6.30. The van der Waals surface area contributed by atoms with Gasteiger partial charge in [-0.3, -0.25) is 0 Å². The number of rotatable bonds is 9. The molecule has 0 fully saturated rings. The number of imidazole rings is 1. The number of hydrogen-bond donors (Lipinski definition) is 0. The maximum absolute atomic E-state index is 5.88. The minimum absolute atomic E-state index is 0.608. The third kappa shape index (κ3) is 3.91. The van der Waals surface area contributed by atoms with Crippen LogP contribution in [0.3, 0.4) is 0 Å². The van der Waals surface area contributed by atoms with Crippen LogP contribution < -0.4 is 0 Å². The van der Waals surface area contributed by atoms with Crippen molar-refractivity contribution in [3.63, 3.8) is 0 Å². The second kappa shape index (κ2) is 7.70. The smallest absolute Gasteiger partial charge is 0.374 e. The first-order valence-electron chi connectivity index (χ1n) is 7.56. The topological polar surface area (TPSA) is 45.5 Å². The molecule has 0 saturated carbocycles. The molecule has 1 heterocycles. The highest BCUT2D eigenvalue weighted by molar-refractivity contribution is 6.60. The first-order valence-corrected chi connectivity index (χ1v) is 9.49. The predicted octanol–water partition coefficient (Wildman–Crippen LogP) is 3.08. The maximum Gasteiger partial charge on any atom is 0.502 e. The van der Waals surface area contributed by atoms with Crippen LogP contribution in [0.4, 0.5) is 0 Å². The Morgan fingerprint density at radius 1 is 1.00 bits per heavy atom. The predicted molar refractivity (Wildman–Crippen MR) is 85.2 cm³/mol. The van der Waals surface area contributed by atoms with Gasteiger partial charge in [-0.2, -0.15) is 0 Å². The van der Waals surface area contributed by atoms with Crippen molar-refractivity contribution in [2.45, 2.75) is 33.4 Å². The van der Waals surface area contributed by atoms with Crippen LogP contribution in [0, 0.1) is 0 Å². The van der Waals surface area contributed by atoms with Gasteiger partial charge in [0.25, 0.3) is 0 Å². The standard InChI is InChI=1S/C15H24N2O3Si/c1-4-18-21(19-5-2,20-6-3)12-11-17-13-16-14-9-7-8-10-15(14)17/h7-10,13H,4-6,11-12H2,1-3H3. The van der Waals surface area contributed by atoms with Crippen molar-refractivity contribution in [1.29, 1.82) is 0 Å². The van der Waals surface area contributed by atoms with Gasteiger partial charge in [0.15, 0.2) is 0 Å². The molecule has 0 amide bonds. The summed E-state index contributed by atoms with van der Waals surface area (Å²) in [4.78, 5) is 4.41. The highest BCUT2D eigenvalue weighted by atomic mass is 28.4. The van der Waals surface area contributed by atoms with Crippen molar-refractivity contribution >= 4 is 19.8 Å². The minimum atomic E-state index is -2.59. The molecule has 0 N–H and O–H groups in total. The molecule has 1 aromatic carbocycles. The highest BCUT2D eigenvalue weighted by Gasteiger charge is 2.40. The molecule has 6 heteroatoms. The van der Waals surface area contributed by atoms with Gasteiger partial charge in [-0.05, 0) is 32.9 Å². The zero-order chi connectivity index (χ0) is 15.1. The number of fused-ring (bicyclic) bond motifs is 1. The molecule has 0 unspecified atom stereocenters. The molecule has 5 nitrogen and oxygen atoms in total. The highest BCUT2D eigenvalue weighted by Crippen LogP contribution is 2.19. The lowest BCUT2D eigenvalue weighted by atomic mass is 10.3. The molecule has 2 rings (SSSR count). The normalized spacial score (nSPS) is 12.1. The lowest BCUT2D eigenvalue weighted by molar-refractivity contribution is 0.0703. The van der Waals surface area contributed by atoms with E-state index in [0.29, 0.717) is 19.8 Å². The fraction of sp³-hybridized carbons (Fsp3) is 0.533. The van der Waals surface area contributed by atoms with Gasteiger partial charge in [0.1, 0.15) is 0 Å². The summed E-state index contributed by atoms with van der Waals surface area (Å²) in [5, 5.41) is 0. The molecular weight excluding hydrogens is 284 g/mol. The Hall–Kier alpha value is -1.21. The van der Waals surface area contributed by atoms with Gasteiger partial charge in [0, 0.05) is 32.4 Å². The Kier molecular flexibility index (Phi) is 5.92. The van der Waals surface area contributed by atoms with E-state index in [1.807, 2.05) is 45.3 Å². The van der Waals surface area contributed by atoms with Gasteiger partial charge >= 0.3 is 8.80 Å². The summed E-state index contributed by atoms with van der Waals surface area (Å²) < 4.78 is 19.8. The summed E-state index contributed by atoms with van der Waals surface area (Å²) in [5.41, 5.74) is 2.14. The number of nitrogens with zero attached hydrogens (tertiary/aromatic N) is 2. The summed E-state index contributed by atoms with van der Waals surface area (Å²) in [6.07, 6.45) is 1.87. The van der Waals surface area contributed by atoms with E-state index in [-0.39, 0.29) is 0 Å². The second-order valence-corrected chi connectivity index (χ2v) is 7.39. The molecule has 0 spiro atoms. The van der Waals surface area contributed by atoms with Crippen molar-refractivity contribution in [2.24, 2.45) is 0 Å². The second-order valence-electron chi connectivity index (χ2n) is 4.66. The molecule has 0 atom stereocenters. The Bertz CT molecular complexity index is 542. The van der Waals surface area contributed by atoms with Gasteiger partial charge in [-0.25, -0.2) is 4.98 Å². The molecule has 0 saturated heterocycles. The molecule has 21 heavy (non-hydrogen) atoms. The van der Waals surface area contributed by atoms with Crippen molar-refractivity contribution in [2.75, 3.05) is 19.8 Å². The number of para-hydroxylation sites is 2. The summed E-state index contributed by atoms with van der Waals surface area (Å²) in [5.74, 6) is 0. The van der Waals surface area contributed by atoms with Crippen LogP contribution in [-0.2, 0) is 19.8 Å². The molecular formula is C15H24N2O3Si. The molecule has 0 radical (unpaired) electrons. The fourth-order valence-corrected chi connectivity index (χ4v) is 4.96. The van der Waals surface area contributed by atoms with Crippen LogP contribution in [0.1, 0.15) is 20.8 Å². The number of aryl methyl sites for hydroxylation is 1. The SMILES string of the molecule is CCO[Si](CCn1cnc2ccccc21)(OCC)OCC. The van der Waals surface area contributed by atoms with Crippen LogP contribution >= 0.6 is 0 Å². The van der Waals surface area contributed by atoms with Gasteiger partial charge in [-0.1, -0.05) is 12.1 Å². The number of benzene rings is 1. The van der Waals surface area contributed by atoms with E-state index in [9.17, 15) is 0 Å². The van der Waals surface area contributed by atoms with E-state index in [2.05, 4.69) is 15.6 Å². The van der Waals surface area contributed by atoms with Crippen molar-refractivity contribution in [1.82, 2.24) is 9.55 Å². The Morgan fingerprint density at radius 3 is 2.24 bits per heavy atom. The minimum Gasteiger partial charge on any atom is -0.374 e. The van der Waals surface area contributed by atoms with E-state index in [1.165, 1.54) is 0 Å². The lowest BCUT2D eigenvalue weighted by Crippen LogP contribution is -2.46. The maximum atomic E-state index is 5.88. The fourth-order valence-electron chi connectivity index (χ4n) is 2.45. The van der Waals surface area contributed by atoms with Crippen LogP contribution in [0.25, 0.3) is 11.0 Å². The lowest BCUT2D eigenvalue weighted by Gasteiger charge is -2.28. The molecule has 0 aliphatic rings. The molecule has 0 aliphatic carbocycles. The molecule has 1 aromatic heterocycles. The van der Waals surface area contributed by atoms with Crippen molar-refractivity contribution < 1.29 is 13.3 Å². The molecule has 0 aliphatic heterocycles. The zero-order valence-electron chi connectivity index (χ0n) is 13.0. The molecule has 2 aromatic rings. The first kappa shape index (κ1) is 16.2. The Balaban J connectivity index is 2.13. The zero-order valence-corrected chi connectivity index (χ0v) is 14.0. The summed E-state index contributed by atoms with van der Waals surface area (Å²) >= 11 is 0. The van der Waals surface area contributed by atoms with Crippen LogP contribution in [-0.4, -0.2) is 38.2 Å². The Labute approximate surface area is 127 Å². The summed E-state index contributed by atoms with van der Waals surface area (Å²) in [6, 6.07) is 8.87. The molecule has 116 valence electrons. The van der Waals surface area contributed by atoms with Gasteiger partial charge < -0.3 is 17.8 Å². The molecule has 0 bridgehead atoms. The van der Waals surface area contributed by atoms with Gasteiger partial charge in [0.05, 0.1) is 17.4 Å². The first-order chi connectivity index (χ1) is 10.2. The van der Waals surface area contributed by atoms with Crippen molar-refractivity contribution in [3.8, 4) is 0 Å². The largest absolute Gasteiger partial charge is 0.502 e. The summed E-state index contributed by atoms with van der Waals surface area (Å²) in [6.45, 7) is 8.54. The van der Waals surface area contributed by atoms with Crippen LogP contribution in [0.15, 0.2) is 30.6 Å². The van der Waals surface area contributed by atoms with Gasteiger partial charge in [0.2, 0.25) is 0 Å². The van der Waals surface area contributed by atoms with Crippen molar-refractivity contribution in [3.05, 3.63) is 30.6 Å². The van der Waals surface area contributed by atoms with Crippen LogP contribution in [0.2, 0.25) is 6.04 Å². The number of hydrogen-bond acceptors (Lipinski definition) is 4. The average Bonchev–Trinajstić information content (AvgIpc) is 2.89. The Morgan fingerprint density at radius 2 is 1.62 bits per heavy atom. The van der Waals surface area contributed by atoms with Gasteiger partial charge in [-0.15, -0.1) is 0 Å². The average molecular weight is 308 g/mol. The van der Waals surface area contributed by atoms with E-state index >= 15 is 0 Å². The van der Waals surface area contributed by atoms with E-state index in [0.717, 1.165) is 23.6 Å². The van der Waals surface area contributed by atoms with Crippen LogP contribution in [0.5, 0.6) is 0 Å². The summed E-state index contributed by atoms with van der Waals surface area (Å²) in [7, 11) is -2.59. The van der Waals surface area contributed by atoms with E-state index < -0.39 is 8.80 Å². The third-order valence-electron chi connectivity index (χ3n) is 3.28. The number of aromatic nitrogens is 2. The quantitative estimate of drug-likeness (QED) is 0.668. The van der Waals surface area contributed by atoms with E-state index in [1.54, 1.807) is 0 Å². The monoisotopic (exact) mass is 308 g/mol.